The van der Waals surface area contributed by atoms with Gasteiger partial charge < -0.3 is 10.6 Å². The Morgan fingerprint density at radius 3 is 2.63 bits per heavy atom. The minimum absolute atomic E-state index is 0. The van der Waals surface area contributed by atoms with Crippen LogP contribution in [0.25, 0.3) is 0 Å². The van der Waals surface area contributed by atoms with Crippen LogP contribution in [0.1, 0.15) is 31.4 Å². The molecule has 108 valence electrons. The first-order chi connectivity index (χ1) is 8.54. The lowest BCUT2D eigenvalue weighted by molar-refractivity contribution is -0.121. The monoisotopic (exact) mass is 292 g/mol. The molecule has 3 nitrogen and oxygen atoms in total. The van der Waals surface area contributed by atoms with Crippen LogP contribution < -0.4 is 10.6 Å². The van der Waals surface area contributed by atoms with Crippen LogP contribution in [0.3, 0.4) is 0 Å². The van der Waals surface area contributed by atoms with Gasteiger partial charge in [0.05, 0.1) is 6.04 Å². The average Bonchev–Trinajstić information content (AvgIpc) is 2.28. The van der Waals surface area contributed by atoms with Crippen molar-refractivity contribution in [3.63, 3.8) is 0 Å². The Morgan fingerprint density at radius 1 is 1.37 bits per heavy atom. The van der Waals surface area contributed by atoms with Crippen LogP contribution in [-0.2, 0) is 4.79 Å². The highest BCUT2D eigenvalue weighted by molar-refractivity contribution is 5.85. The predicted octanol–water partition coefficient (Wildman–Crippen LogP) is 2.56. The lowest BCUT2D eigenvalue weighted by Gasteiger charge is -2.15. The van der Waals surface area contributed by atoms with Crippen molar-refractivity contribution in [1.82, 2.24) is 10.6 Å². The molecule has 0 aliphatic rings. The van der Waals surface area contributed by atoms with Crippen LogP contribution in [-0.4, -0.2) is 19.5 Å². The summed E-state index contributed by atoms with van der Waals surface area (Å²) in [4.78, 5) is 11.5. The van der Waals surface area contributed by atoms with E-state index in [0.29, 0.717) is 12.0 Å². The molecular formula is C13H19ClF2N2O. The zero-order valence-electron chi connectivity index (χ0n) is 11.0. The number of hydrogen-bond acceptors (Lipinski definition) is 2. The zero-order valence-corrected chi connectivity index (χ0v) is 11.8. The molecule has 19 heavy (non-hydrogen) atoms. The number of nitrogens with one attached hydrogen (secondary N) is 2. The molecule has 0 saturated heterocycles. The highest BCUT2D eigenvalue weighted by atomic mass is 35.5. The van der Waals surface area contributed by atoms with E-state index in [0.717, 1.165) is 19.0 Å². The largest absolute Gasteiger partial charge is 0.349 e. The van der Waals surface area contributed by atoms with Crippen molar-refractivity contribution < 1.29 is 13.6 Å². The van der Waals surface area contributed by atoms with Gasteiger partial charge in [-0.1, -0.05) is 6.07 Å². The average molecular weight is 293 g/mol. The fraction of sp³-hybridized carbons (Fsp3) is 0.462. The summed E-state index contributed by atoms with van der Waals surface area (Å²) in [5.74, 6) is -1.40. The lowest BCUT2D eigenvalue weighted by Crippen LogP contribution is -2.27. The molecule has 0 aliphatic carbocycles. The van der Waals surface area contributed by atoms with Crippen LogP contribution in [0.4, 0.5) is 8.78 Å². The van der Waals surface area contributed by atoms with Gasteiger partial charge in [0.15, 0.2) is 0 Å². The summed E-state index contributed by atoms with van der Waals surface area (Å²) in [5, 5.41) is 5.63. The normalized spacial score (nSPS) is 11.6. The van der Waals surface area contributed by atoms with Gasteiger partial charge in [-0.15, -0.1) is 12.4 Å². The Kier molecular flexibility index (Phi) is 8.27. The van der Waals surface area contributed by atoms with Gasteiger partial charge in [0, 0.05) is 18.1 Å². The quantitative estimate of drug-likeness (QED) is 0.791. The molecule has 6 heteroatoms. The Labute approximate surface area is 118 Å². The van der Waals surface area contributed by atoms with E-state index < -0.39 is 17.7 Å². The van der Waals surface area contributed by atoms with E-state index in [1.807, 2.05) is 7.05 Å². The second-order valence-corrected chi connectivity index (χ2v) is 4.16. The molecule has 1 rings (SSSR count). The first kappa shape index (κ1) is 17.8. The van der Waals surface area contributed by atoms with E-state index in [1.165, 1.54) is 12.1 Å². The summed E-state index contributed by atoms with van der Waals surface area (Å²) in [6, 6.07) is 2.89. The minimum Gasteiger partial charge on any atom is -0.349 e. The summed E-state index contributed by atoms with van der Waals surface area (Å²) >= 11 is 0. The first-order valence-electron chi connectivity index (χ1n) is 5.93. The minimum atomic E-state index is -0.641. The van der Waals surface area contributed by atoms with Gasteiger partial charge >= 0.3 is 0 Å². The Morgan fingerprint density at radius 2 is 2.05 bits per heavy atom. The number of amides is 1. The maximum Gasteiger partial charge on any atom is 0.220 e. The van der Waals surface area contributed by atoms with Gasteiger partial charge in [0.25, 0.3) is 0 Å². The third-order valence-corrected chi connectivity index (χ3v) is 2.64. The van der Waals surface area contributed by atoms with Crippen molar-refractivity contribution in [1.29, 1.82) is 0 Å². The molecule has 1 aromatic carbocycles. The van der Waals surface area contributed by atoms with E-state index in [1.54, 1.807) is 6.92 Å². The zero-order chi connectivity index (χ0) is 13.5. The number of hydrogen-bond donors (Lipinski definition) is 2. The Hall–Kier alpha value is -1.20. The Bertz CT molecular complexity index is 416. The van der Waals surface area contributed by atoms with E-state index in [-0.39, 0.29) is 18.3 Å². The van der Waals surface area contributed by atoms with Crippen LogP contribution in [0.5, 0.6) is 0 Å². The molecular weight excluding hydrogens is 274 g/mol. The molecule has 1 unspecified atom stereocenters. The highest BCUT2D eigenvalue weighted by Crippen LogP contribution is 2.17. The molecule has 0 bridgehead atoms. The molecule has 1 atom stereocenters. The van der Waals surface area contributed by atoms with Crippen molar-refractivity contribution in [3.8, 4) is 0 Å². The Balaban J connectivity index is 0.00000324. The van der Waals surface area contributed by atoms with Gasteiger partial charge in [-0.05, 0) is 33.0 Å². The van der Waals surface area contributed by atoms with Crippen molar-refractivity contribution >= 4 is 18.3 Å². The van der Waals surface area contributed by atoms with Gasteiger partial charge in [-0.2, -0.15) is 0 Å². The number of halogens is 3. The van der Waals surface area contributed by atoms with Crippen LogP contribution in [0.2, 0.25) is 0 Å². The standard InChI is InChI=1S/C13H18F2N2O.ClH/c1-9(17-13(18)4-3-7-16-2)11-6-5-10(14)8-12(11)15;/h5-6,8-9,16H,3-4,7H2,1-2H3,(H,17,18);1H. The molecule has 0 heterocycles. The summed E-state index contributed by atoms with van der Waals surface area (Å²) < 4.78 is 26.2. The summed E-state index contributed by atoms with van der Waals surface area (Å²) in [5.41, 5.74) is 0.290. The summed E-state index contributed by atoms with van der Waals surface area (Å²) in [6.07, 6.45) is 1.11. The molecule has 0 radical (unpaired) electrons. The highest BCUT2D eigenvalue weighted by Gasteiger charge is 2.13. The van der Waals surface area contributed by atoms with Crippen LogP contribution >= 0.6 is 12.4 Å². The molecule has 1 aromatic rings. The third kappa shape index (κ3) is 5.98. The van der Waals surface area contributed by atoms with Gasteiger partial charge in [-0.25, -0.2) is 8.78 Å². The molecule has 0 aromatic heterocycles. The number of benzene rings is 1. The van der Waals surface area contributed by atoms with Crippen LogP contribution in [0, 0.1) is 11.6 Å². The van der Waals surface area contributed by atoms with Crippen molar-refractivity contribution in [2.45, 2.75) is 25.8 Å². The third-order valence-electron chi connectivity index (χ3n) is 2.64. The molecule has 0 spiro atoms. The SMILES string of the molecule is CNCCCC(=O)NC(C)c1ccc(F)cc1F.Cl. The summed E-state index contributed by atoms with van der Waals surface area (Å²) in [7, 11) is 1.81. The molecule has 0 fully saturated rings. The molecule has 0 saturated carbocycles. The van der Waals surface area contributed by atoms with Gasteiger partial charge in [0.2, 0.25) is 5.91 Å². The van der Waals surface area contributed by atoms with Crippen molar-refractivity contribution in [3.05, 3.63) is 35.4 Å². The predicted molar refractivity (Wildman–Crippen MR) is 73.3 cm³/mol. The molecule has 1 amide bonds. The van der Waals surface area contributed by atoms with E-state index in [9.17, 15) is 13.6 Å². The van der Waals surface area contributed by atoms with Crippen molar-refractivity contribution in [2.24, 2.45) is 0 Å². The molecule has 2 N–H and O–H groups in total. The first-order valence-corrected chi connectivity index (χ1v) is 5.93. The maximum absolute atomic E-state index is 13.5. The fourth-order valence-corrected chi connectivity index (χ4v) is 1.67. The lowest BCUT2D eigenvalue weighted by atomic mass is 10.1. The molecule has 0 aliphatic heterocycles. The van der Waals surface area contributed by atoms with Gasteiger partial charge in [0.1, 0.15) is 11.6 Å². The number of carbonyl (C=O) groups excluding carboxylic acids is 1. The maximum atomic E-state index is 13.5. The van der Waals surface area contributed by atoms with Gasteiger partial charge in [-0.3, -0.25) is 4.79 Å². The smallest absolute Gasteiger partial charge is 0.220 e. The fourth-order valence-electron chi connectivity index (χ4n) is 1.67. The van der Waals surface area contributed by atoms with Crippen molar-refractivity contribution in [2.75, 3.05) is 13.6 Å². The number of rotatable bonds is 6. The topological polar surface area (TPSA) is 41.1 Å². The van der Waals surface area contributed by atoms with Crippen LogP contribution in [0.15, 0.2) is 18.2 Å². The van der Waals surface area contributed by atoms with E-state index in [4.69, 9.17) is 0 Å². The van der Waals surface area contributed by atoms with E-state index >= 15 is 0 Å². The number of carbonyl (C=O) groups is 1. The second kappa shape index (κ2) is 8.82. The van der Waals surface area contributed by atoms with E-state index in [2.05, 4.69) is 10.6 Å². The second-order valence-electron chi connectivity index (χ2n) is 4.16. The summed E-state index contributed by atoms with van der Waals surface area (Å²) in [6.45, 7) is 2.43.